The molecule has 2 aromatic carbocycles. The second-order valence-corrected chi connectivity index (χ2v) is 18.5. The third-order valence-electron chi connectivity index (χ3n) is 12.8. The Labute approximate surface area is 470 Å². The SMILES string of the molecule is C=CC(=O)Cl.C=CC(=O)N1CCC=C(c2ccc3ncnc(Nc4ccc(Oc5ccn6ncnc6c5)c(C)c4)c3n2)CC1.Cc1cc(Nc2ncnc3ccc(C4=CCCNCC4)nc23)ccc1Oc1ccn2ncnc2c1.Cl. The summed E-state index contributed by atoms with van der Waals surface area (Å²) in [6, 6.07) is 27.2. The maximum atomic E-state index is 12.1. The first-order chi connectivity index (χ1) is 38.6. The number of nitrogens with zero attached hydrogens (tertiary/aromatic N) is 13. The molecule has 80 heavy (non-hydrogen) atoms. The fourth-order valence-corrected chi connectivity index (χ4v) is 8.83. The van der Waals surface area contributed by atoms with Gasteiger partial charge in [-0.05, 0) is 171 Å². The van der Waals surface area contributed by atoms with Crippen molar-refractivity contribution < 1.29 is 19.1 Å². The Kier molecular flexibility index (Phi) is 17.8. The van der Waals surface area contributed by atoms with Crippen LogP contribution in [0.25, 0.3) is 44.5 Å². The molecule has 22 heteroatoms. The molecule has 0 fully saturated rings. The third-order valence-corrected chi connectivity index (χ3v) is 13.0. The predicted molar refractivity (Wildman–Crippen MR) is 312 cm³/mol. The molecule has 20 nitrogen and oxygen atoms in total. The fourth-order valence-electron chi connectivity index (χ4n) is 8.83. The summed E-state index contributed by atoms with van der Waals surface area (Å²) in [4.78, 5) is 59.4. The number of fused-ring (bicyclic) bond motifs is 4. The Balaban J connectivity index is 0.000000177. The van der Waals surface area contributed by atoms with E-state index in [2.05, 4.69) is 81.4 Å². The highest BCUT2D eigenvalue weighted by molar-refractivity contribution is 6.66. The molecule has 0 spiro atoms. The Hall–Kier alpha value is -9.50. The van der Waals surface area contributed by atoms with Gasteiger partial charge in [-0.2, -0.15) is 10.2 Å². The van der Waals surface area contributed by atoms with Crippen molar-refractivity contribution in [2.45, 2.75) is 39.5 Å². The number of nitrogens with one attached hydrogen (secondary N) is 3. The summed E-state index contributed by atoms with van der Waals surface area (Å²) in [5, 5.41) is 18.0. The van der Waals surface area contributed by atoms with Crippen LogP contribution in [0.15, 0.2) is 160 Å². The minimum atomic E-state index is -0.509. The summed E-state index contributed by atoms with van der Waals surface area (Å²) in [7, 11) is 0. The number of carbonyl (C=O) groups is 2. The second kappa shape index (κ2) is 25.8. The maximum absolute atomic E-state index is 12.1. The Morgan fingerprint density at radius 3 is 1.65 bits per heavy atom. The van der Waals surface area contributed by atoms with Crippen LogP contribution in [0, 0.1) is 13.8 Å². The van der Waals surface area contributed by atoms with E-state index >= 15 is 0 Å². The third kappa shape index (κ3) is 13.4. The molecule has 2 aliphatic rings. The van der Waals surface area contributed by atoms with Gasteiger partial charge in [-0.1, -0.05) is 25.3 Å². The van der Waals surface area contributed by atoms with E-state index in [4.69, 9.17) is 31.0 Å². The van der Waals surface area contributed by atoms with Crippen molar-refractivity contribution in [3.05, 3.63) is 183 Å². The highest BCUT2D eigenvalue weighted by Gasteiger charge is 2.18. The summed E-state index contributed by atoms with van der Waals surface area (Å²) in [5.74, 6) is 4.14. The Morgan fingerprint density at radius 1 is 0.613 bits per heavy atom. The van der Waals surface area contributed by atoms with Crippen LogP contribution in [-0.4, -0.2) is 101 Å². The maximum Gasteiger partial charge on any atom is 0.245 e. The number of hydrogen-bond donors (Lipinski definition) is 3. The normalized spacial score (nSPS) is 13.2. The van der Waals surface area contributed by atoms with Crippen molar-refractivity contribution in [2.24, 2.45) is 0 Å². The van der Waals surface area contributed by atoms with Gasteiger partial charge >= 0.3 is 0 Å². The van der Waals surface area contributed by atoms with E-state index in [0.717, 1.165) is 118 Å². The van der Waals surface area contributed by atoms with Crippen LogP contribution in [-0.2, 0) is 9.59 Å². The minimum Gasteiger partial charge on any atom is -0.457 e. The molecule has 3 N–H and O–H groups in total. The summed E-state index contributed by atoms with van der Waals surface area (Å²) >= 11 is 4.71. The quantitative estimate of drug-likeness (QED) is 0.0763. The Bertz CT molecular complexity index is 3970. The zero-order valence-electron chi connectivity index (χ0n) is 43.7. The fraction of sp³-hybridized carbons (Fsp3) is 0.172. The molecular weight excluding hydrogens is 1060 g/mol. The highest BCUT2D eigenvalue weighted by atomic mass is 35.5. The van der Waals surface area contributed by atoms with Crippen LogP contribution in [0.3, 0.4) is 0 Å². The average Bonchev–Trinajstić information content (AvgIpc) is 3.99. The molecule has 12 rings (SSSR count). The second-order valence-electron chi connectivity index (χ2n) is 18.2. The van der Waals surface area contributed by atoms with E-state index in [9.17, 15) is 9.59 Å². The van der Waals surface area contributed by atoms with E-state index in [1.54, 1.807) is 15.4 Å². The molecule has 0 saturated carbocycles. The smallest absolute Gasteiger partial charge is 0.245 e. The molecule has 10 heterocycles. The van der Waals surface area contributed by atoms with Crippen molar-refractivity contribution in [1.82, 2.24) is 69.3 Å². The van der Waals surface area contributed by atoms with Crippen molar-refractivity contribution >= 4 is 103 Å². The molecular formula is C58H54Cl2N16O4. The lowest BCUT2D eigenvalue weighted by Gasteiger charge is -2.18. The topological polar surface area (TPSA) is 230 Å². The number of ether oxygens (including phenoxy) is 2. The number of benzene rings is 2. The molecule has 1 amide bonds. The first-order valence-corrected chi connectivity index (χ1v) is 25.7. The van der Waals surface area contributed by atoms with Crippen LogP contribution in [0.5, 0.6) is 23.0 Å². The van der Waals surface area contributed by atoms with E-state index in [1.807, 2.05) is 116 Å². The van der Waals surface area contributed by atoms with Gasteiger partial charge in [0.1, 0.15) is 59.3 Å². The molecule has 2 aliphatic heterocycles. The largest absolute Gasteiger partial charge is 0.457 e. The number of rotatable bonds is 12. The summed E-state index contributed by atoms with van der Waals surface area (Å²) in [5.41, 5.74) is 12.3. The minimum absolute atomic E-state index is 0. The van der Waals surface area contributed by atoms with Gasteiger partial charge in [-0.25, -0.2) is 48.9 Å². The number of halogens is 2. The molecule has 0 saturated heterocycles. The van der Waals surface area contributed by atoms with Crippen LogP contribution in [0.4, 0.5) is 23.0 Å². The van der Waals surface area contributed by atoms with Crippen molar-refractivity contribution in [2.75, 3.05) is 36.8 Å². The summed E-state index contributed by atoms with van der Waals surface area (Å²) in [6.45, 7) is 14.0. The number of allylic oxidation sites excluding steroid dienone is 1. The monoisotopic (exact) mass is 1110 g/mol. The van der Waals surface area contributed by atoms with E-state index in [0.29, 0.717) is 47.4 Å². The van der Waals surface area contributed by atoms with Gasteiger partial charge in [0.05, 0.1) is 22.4 Å². The number of carbonyl (C=O) groups excluding carboxylic acids is 2. The van der Waals surface area contributed by atoms with Crippen molar-refractivity contribution in [1.29, 1.82) is 0 Å². The highest BCUT2D eigenvalue weighted by Crippen LogP contribution is 2.33. The van der Waals surface area contributed by atoms with Gasteiger partial charge < -0.3 is 30.3 Å². The Morgan fingerprint density at radius 2 is 1.14 bits per heavy atom. The molecule has 0 aliphatic carbocycles. The van der Waals surface area contributed by atoms with Gasteiger partial charge in [-0.3, -0.25) is 9.59 Å². The summed E-state index contributed by atoms with van der Waals surface area (Å²) in [6.07, 6.45) is 20.0. The molecule has 0 atom stereocenters. The van der Waals surface area contributed by atoms with E-state index in [-0.39, 0.29) is 18.3 Å². The van der Waals surface area contributed by atoms with E-state index < -0.39 is 5.24 Å². The standard InChI is InChI=1S/C29H26N8O2.C26H24N8O.C3H3ClO.ClH/c1-3-27(38)36-12-4-5-20(10-13-36)23-7-8-24-28(35-23)29(32-17-30-24)34-21-6-9-25(19(2)15-21)39-22-11-14-37-26(16-22)31-18-33-37;1-17-13-19(4-7-23(17)35-20-9-12-34-24(14-20)29-16-31-34)32-26-25-22(28-15-30-26)6-5-21(33-25)18-3-2-10-27-11-8-18;1-2-3(4)5;/h3,5-9,11,14-18H,1,4,10,12-13H2,2H3,(H,30,32,34);3-7,9,12-16,27H,2,8,10-11H2,1H3,(H,28,30,32);2H,1H2;1H. The number of amides is 1. The predicted octanol–water partition coefficient (Wildman–Crippen LogP) is 11.1. The molecule has 10 aromatic rings. The first kappa shape index (κ1) is 55.3. The van der Waals surface area contributed by atoms with Gasteiger partial charge in [0.2, 0.25) is 11.1 Å². The average molecular weight is 1110 g/mol. The van der Waals surface area contributed by atoms with Gasteiger partial charge in [-0.15, -0.1) is 12.4 Å². The molecule has 404 valence electrons. The van der Waals surface area contributed by atoms with Crippen LogP contribution >= 0.6 is 24.0 Å². The lowest BCUT2D eigenvalue weighted by atomic mass is 10.1. The van der Waals surface area contributed by atoms with Gasteiger partial charge in [0.15, 0.2) is 22.9 Å². The molecule has 0 bridgehead atoms. The lowest BCUT2D eigenvalue weighted by Crippen LogP contribution is -2.30. The zero-order chi connectivity index (χ0) is 54.7. The van der Waals surface area contributed by atoms with Crippen LogP contribution in [0.2, 0.25) is 0 Å². The number of hydrogen-bond acceptors (Lipinski definition) is 17. The van der Waals surface area contributed by atoms with Crippen LogP contribution in [0.1, 0.15) is 48.2 Å². The molecule has 0 radical (unpaired) electrons. The number of aryl methyl sites for hydroxylation is 2. The van der Waals surface area contributed by atoms with Gasteiger partial charge in [0, 0.05) is 49.0 Å². The molecule has 8 aromatic heterocycles. The van der Waals surface area contributed by atoms with Crippen molar-refractivity contribution in [3.63, 3.8) is 0 Å². The number of anilines is 4. The van der Waals surface area contributed by atoms with Gasteiger partial charge in [0.25, 0.3) is 0 Å². The van der Waals surface area contributed by atoms with Crippen molar-refractivity contribution in [3.8, 4) is 23.0 Å². The lowest BCUT2D eigenvalue weighted by molar-refractivity contribution is -0.125. The molecule has 0 unspecified atom stereocenters. The van der Waals surface area contributed by atoms with Crippen LogP contribution < -0.4 is 25.4 Å². The zero-order valence-corrected chi connectivity index (χ0v) is 45.2. The van der Waals surface area contributed by atoms with E-state index in [1.165, 1.54) is 30.6 Å². The first-order valence-electron chi connectivity index (χ1n) is 25.3. The number of pyridine rings is 4. The summed E-state index contributed by atoms with van der Waals surface area (Å²) < 4.78 is 15.6. The number of aromatic nitrogens is 12.